The molecule has 110 valence electrons. The average Bonchev–Trinajstić information content (AvgIpc) is 3.00. The van der Waals surface area contributed by atoms with Crippen molar-refractivity contribution in [3.8, 4) is 0 Å². The average molecular weight is 294 g/mol. The first-order valence-corrected chi connectivity index (χ1v) is 6.91. The van der Waals surface area contributed by atoms with Crippen LogP contribution >= 0.6 is 0 Å². The number of allylic oxidation sites excluding steroid dienone is 1. The van der Waals surface area contributed by atoms with E-state index in [1.807, 2.05) is 12.1 Å². The number of carbonyl (C=O) groups excluding carboxylic acids is 2. The van der Waals surface area contributed by atoms with Crippen LogP contribution in [-0.2, 0) is 4.74 Å². The zero-order chi connectivity index (χ0) is 15.4. The van der Waals surface area contributed by atoms with E-state index in [1.165, 1.54) is 6.08 Å². The number of ether oxygens (including phenoxy) is 1. The molecule has 5 heteroatoms. The molecule has 3 rings (SSSR count). The van der Waals surface area contributed by atoms with Crippen molar-refractivity contribution >= 4 is 23.6 Å². The Labute approximate surface area is 127 Å². The van der Waals surface area contributed by atoms with Gasteiger partial charge in [0.2, 0.25) is 0 Å². The summed E-state index contributed by atoms with van der Waals surface area (Å²) >= 11 is 0. The van der Waals surface area contributed by atoms with Crippen LogP contribution in [0.25, 0.3) is 6.08 Å². The predicted octanol–water partition coefficient (Wildman–Crippen LogP) is 2.93. The molecule has 0 saturated carbocycles. The second-order valence-electron chi connectivity index (χ2n) is 4.80. The van der Waals surface area contributed by atoms with Gasteiger partial charge in [0, 0.05) is 23.6 Å². The Morgan fingerprint density at radius 3 is 2.68 bits per heavy atom. The largest absolute Gasteiger partial charge is 0.447 e. The molecule has 0 unspecified atom stereocenters. The standard InChI is InChI=1S/C17H14N2O3/c20-16(8-3-13-2-1-9-18-12-13)14-4-6-15(7-5-14)19-10-11-22-17(19)21/h1-9,12H,10-11H2/b8-3+. The lowest BCUT2D eigenvalue weighted by atomic mass is 10.1. The molecule has 0 bridgehead atoms. The van der Waals surface area contributed by atoms with Gasteiger partial charge in [-0.05, 0) is 48.0 Å². The Bertz CT molecular complexity index is 708. The maximum absolute atomic E-state index is 12.1. The van der Waals surface area contributed by atoms with Crippen LogP contribution in [0, 0.1) is 0 Å². The first kappa shape index (κ1) is 14.0. The van der Waals surface area contributed by atoms with Gasteiger partial charge in [-0.3, -0.25) is 14.7 Å². The van der Waals surface area contributed by atoms with Crippen molar-refractivity contribution < 1.29 is 14.3 Å². The third kappa shape index (κ3) is 3.03. The number of hydrogen-bond donors (Lipinski definition) is 0. The molecule has 2 heterocycles. The minimum absolute atomic E-state index is 0.0978. The van der Waals surface area contributed by atoms with E-state index in [0.29, 0.717) is 18.7 Å². The van der Waals surface area contributed by atoms with E-state index >= 15 is 0 Å². The van der Waals surface area contributed by atoms with Crippen LogP contribution in [0.15, 0.2) is 54.9 Å². The summed E-state index contributed by atoms with van der Waals surface area (Å²) in [5.74, 6) is -0.0978. The van der Waals surface area contributed by atoms with Gasteiger partial charge in [0.05, 0.1) is 6.54 Å². The number of ketones is 1. The SMILES string of the molecule is O=C(/C=C/c1cccnc1)c1ccc(N2CCOC2=O)cc1. The highest BCUT2D eigenvalue weighted by atomic mass is 16.6. The summed E-state index contributed by atoms with van der Waals surface area (Å²) in [5.41, 5.74) is 2.17. The number of cyclic esters (lactones) is 1. The fourth-order valence-electron chi connectivity index (χ4n) is 2.18. The van der Waals surface area contributed by atoms with Crippen LogP contribution in [0.3, 0.4) is 0 Å². The van der Waals surface area contributed by atoms with E-state index < -0.39 is 0 Å². The number of aromatic nitrogens is 1. The third-order valence-electron chi connectivity index (χ3n) is 3.34. The van der Waals surface area contributed by atoms with Gasteiger partial charge >= 0.3 is 6.09 Å². The molecule has 1 aliphatic heterocycles. The number of rotatable bonds is 4. The Balaban J connectivity index is 1.71. The summed E-state index contributed by atoms with van der Waals surface area (Å²) < 4.78 is 4.89. The van der Waals surface area contributed by atoms with Crippen molar-refractivity contribution in [3.05, 3.63) is 66.0 Å². The second-order valence-corrected chi connectivity index (χ2v) is 4.80. The van der Waals surface area contributed by atoms with E-state index in [2.05, 4.69) is 4.98 Å². The van der Waals surface area contributed by atoms with Crippen molar-refractivity contribution in [2.75, 3.05) is 18.1 Å². The summed E-state index contributed by atoms with van der Waals surface area (Å²) in [4.78, 5) is 29.1. The van der Waals surface area contributed by atoms with E-state index in [0.717, 1.165) is 11.3 Å². The summed E-state index contributed by atoms with van der Waals surface area (Å²) in [7, 11) is 0. The van der Waals surface area contributed by atoms with Gasteiger partial charge in [0.1, 0.15) is 6.61 Å². The number of carbonyl (C=O) groups is 2. The van der Waals surface area contributed by atoms with Gasteiger partial charge in [-0.2, -0.15) is 0 Å². The highest BCUT2D eigenvalue weighted by Gasteiger charge is 2.23. The summed E-state index contributed by atoms with van der Waals surface area (Å²) in [5, 5.41) is 0. The van der Waals surface area contributed by atoms with Crippen LogP contribution < -0.4 is 4.90 Å². The summed E-state index contributed by atoms with van der Waals surface area (Å²) in [6.07, 6.45) is 6.25. The van der Waals surface area contributed by atoms with Crippen molar-refractivity contribution in [1.29, 1.82) is 0 Å². The lowest BCUT2D eigenvalue weighted by Gasteiger charge is -2.12. The van der Waals surface area contributed by atoms with Gasteiger partial charge in [-0.1, -0.05) is 6.07 Å². The molecule has 22 heavy (non-hydrogen) atoms. The first-order chi connectivity index (χ1) is 10.7. The molecule has 0 atom stereocenters. The molecule has 1 fully saturated rings. The van der Waals surface area contributed by atoms with Crippen molar-refractivity contribution in [3.63, 3.8) is 0 Å². The van der Waals surface area contributed by atoms with Gasteiger partial charge in [0.25, 0.3) is 0 Å². The Kier molecular flexibility index (Phi) is 3.96. The fraction of sp³-hybridized carbons (Fsp3) is 0.118. The summed E-state index contributed by atoms with van der Waals surface area (Å²) in [6.45, 7) is 0.931. The first-order valence-electron chi connectivity index (χ1n) is 6.91. The van der Waals surface area contributed by atoms with Crippen molar-refractivity contribution in [1.82, 2.24) is 4.98 Å². The number of pyridine rings is 1. The van der Waals surface area contributed by atoms with E-state index in [1.54, 1.807) is 47.6 Å². The smallest absolute Gasteiger partial charge is 0.414 e. The normalized spacial score (nSPS) is 14.4. The molecule has 0 N–H and O–H groups in total. The van der Waals surface area contributed by atoms with Gasteiger partial charge < -0.3 is 4.74 Å². The predicted molar refractivity (Wildman–Crippen MR) is 82.7 cm³/mol. The topological polar surface area (TPSA) is 59.5 Å². The van der Waals surface area contributed by atoms with Gasteiger partial charge in [-0.15, -0.1) is 0 Å². The second kappa shape index (κ2) is 6.22. The maximum atomic E-state index is 12.1. The third-order valence-corrected chi connectivity index (χ3v) is 3.34. The van der Waals surface area contributed by atoms with Crippen LogP contribution in [0.4, 0.5) is 10.5 Å². The Hall–Kier alpha value is -2.95. The number of anilines is 1. The highest BCUT2D eigenvalue weighted by Crippen LogP contribution is 2.19. The minimum atomic E-state index is -0.351. The minimum Gasteiger partial charge on any atom is -0.447 e. The Morgan fingerprint density at radius 2 is 2.05 bits per heavy atom. The molecule has 1 aliphatic rings. The van der Waals surface area contributed by atoms with Crippen LogP contribution in [-0.4, -0.2) is 30.0 Å². The molecule has 2 aromatic rings. The molecular formula is C17H14N2O3. The van der Waals surface area contributed by atoms with E-state index in [9.17, 15) is 9.59 Å². The fourth-order valence-corrected chi connectivity index (χ4v) is 2.18. The molecule has 0 aliphatic carbocycles. The molecule has 5 nitrogen and oxygen atoms in total. The highest BCUT2D eigenvalue weighted by molar-refractivity contribution is 6.07. The van der Waals surface area contributed by atoms with Crippen LogP contribution in [0.5, 0.6) is 0 Å². The molecular weight excluding hydrogens is 280 g/mol. The van der Waals surface area contributed by atoms with Crippen LogP contribution in [0.1, 0.15) is 15.9 Å². The lowest BCUT2D eigenvalue weighted by Crippen LogP contribution is -2.23. The van der Waals surface area contributed by atoms with Gasteiger partial charge in [0.15, 0.2) is 5.78 Å². The zero-order valence-corrected chi connectivity index (χ0v) is 11.8. The molecule has 1 aromatic carbocycles. The Morgan fingerprint density at radius 1 is 1.23 bits per heavy atom. The lowest BCUT2D eigenvalue weighted by molar-refractivity contribution is 0.104. The van der Waals surface area contributed by atoms with E-state index in [-0.39, 0.29) is 11.9 Å². The molecule has 0 radical (unpaired) electrons. The molecule has 1 amide bonds. The van der Waals surface area contributed by atoms with E-state index in [4.69, 9.17) is 4.74 Å². The molecule has 1 saturated heterocycles. The van der Waals surface area contributed by atoms with Gasteiger partial charge in [-0.25, -0.2) is 4.79 Å². The number of amides is 1. The quantitative estimate of drug-likeness (QED) is 0.642. The molecule has 0 spiro atoms. The maximum Gasteiger partial charge on any atom is 0.414 e. The van der Waals surface area contributed by atoms with Crippen molar-refractivity contribution in [2.24, 2.45) is 0 Å². The number of hydrogen-bond acceptors (Lipinski definition) is 4. The monoisotopic (exact) mass is 294 g/mol. The number of benzene rings is 1. The van der Waals surface area contributed by atoms with Crippen molar-refractivity contribution in [2.45, 2.75) is 0 Å². The summed E-state index contributed by atoms with van der Waals surface area (Å²) in [6, 6.07) is 10.6. The van der Waals surface area contributed by atoms with Crippen LogP contribution in [0.2, 0.25) is 0 Å². The number of nitrogens with zero attached hydrogens (tertiary/aromatic N) is 2. The zero-order valence-electron chi connectivity index (χ0n) is 11.8. The molecule has 1 aromatic heterocycles.